The molecule has 0 fully saturated rings. The van der Waals surface area contributed by atoms with Crippen LogP contribution in [0, 0.1) is 0 Å². The number of carbonyl (C=O) groups excluding carboxylic acids is 1. The van der Waals surface area contributed by atoms with Crippen molar-refractivity contribution < 1.29 is 35.9 Å². The number of alkyl halides is 6. The van der Waals surface area contributed by atoms with Crippen molar-refractivity contribution in [2.24, 2.45) is 0 Å². The first kappa shape index (κ1) is 14.0. The summed E-state index contributed by atoms with van der Waals surface area (Å²) in [6.45, 7) is 1.22. The molecule has 15 heavy (non-hydrogen) atoms. The van der Waals surface area contributed by atoms with Gasteiger partial charge in [-0.3, -0.25) is 4.79 Å². The van der Waals surface area contributed by atoms with Crippen LogP contribution in [0.15, 0.2) is 0 Å². The van der Waals surface area contributed by atoms with E-state index >= 15 is 0 Å². The number of ether oxygens (including phenoxy) is 1. The predicted molar refractivity (Wildman–Crippen MR) is 37.1 cm³/mol. The van der Waals surface area contributed by atoms with E-state index in [0.717, 1.165) is 6.92 Å². The van der Waals surface area contributed by atoms with Gasteiger partial charge in [-0.05, 0) is 6.92 Å². The lowest BCUT2D eigenvalue weighted by molar-refractivity contribution is -0.268. The van der Waals surface area contributed by atoms with Gasteiger partial charge in [-0.15, -0.1) is 0 Å². The molecule has 0 saturated carbocycles. The maximum Gasteiger partial charge on any atom is 0.425 e. The van der Waals surface area contributed by atoms with Crippen LogP contribution in [0.3, 0.4) is 0 Å². The van der Waals surface area contributed by atoms with Crippen molar-refractivity contribution in [1.29, 1.82) is 0 Å². The fourth-order valence-electron chi connectivity index (χ4n) is 0.752. The minimum atomic E-state index is -5.70. The monoisotopic (exact) mass is 238 g/mol. The minimum absolute atomic E-state index is 0.486. The van der Waals surface area contributed by atoms with E-state index in [-0.39, 0.29) is 0 Å². The molecule has 0 radical (unpaired) electrons. The Labute approximate surface area is 81.2 Å². The highest BCUT2D eigenvalue weighted by molar-refractivity contribution is 5.66. The molecule has 0 aromatic carbocycles. The average Bonchev–Trinajstić information content (AvgIpc) is 1.99. The molecule has 2 atom stereocenters. The minimum Gasteiger partial charge on any atom is -0.456 e. The van der Waals surface area contributed by atoms with Crippen molar-refractivity contribution in [3.63, 3.8) is 0 Å². The molecule has 2 nitrogen and oxygen atoms in total. The summed E-state index contributed by atoms with van der Waals surface area (Å²) in [6, 6.07) is 0. The maximum absolute atomic E-state index is 12.7. The summed E-state index contributed by atoms with van der Waals surface area (Å²) in [7, 11) is 0. The molecule has 0 amide bonds. The Morgan fingerprint density at radius 3 is 1.87 bits per heavy atom. The molecule has 0 spiro atoms. The van der Waals surface area contributed by atoms with E-state index in [1.54, 1.807) is 0 Å². The van der Waals surface area contributed by atoms with Crippen LogP contribution in [0.1, 0.15) is 13.8 Å². The molecule has 0 aromatic heterocycles. The van der Waals surface area contributed by atoms with E-state index < -0.39 is 30.3 Å². The Balaban J connectivity index is 4.73. The molecule has 0 rings (SSSR count). The molecule has 8 heteroatoms. The third kappa shape index (κ3) is 3.60. The first-order valence-corrected chi connectivity index (χ1v) is 3.75. The zero-order valence-electron chi connectivity index (χ0n) is 7.74. The second-order valence-electron chi connectivity index (χ2n) is 2.83. The fraction of sp³-hybridized carbons (Fsp3) is 0.857. The van der Waals surface area contributed by atoms with Gasteiger partial charge in [-0.2, -0.15) is 22.0 Å². The van der Waals surface area contributed by atoms with Gasteiger partial charge in [0.05, 0.1) is 0 Å². The first-order valence-electron chi connectivity index (χ1n) is 3.75. The molecule has 0 aliphatic carbocycles. The maximum atomic E-state index is 12.7. The molecular formula is C7H8F6O2. The molecule has 0 unspecified atom stereocenters. The van der Waals surface area contributed by atoms with Crippen molar-refractivity contribution in [1.82, 2.24) is 0 Å². The van der Waals surface area contributed by atoms with Crippen LogP contribution in [0.2, 0.25) is 0 Å². The highest BCUT2D eigenvalue weighted by Crippen LogP contribution is 2.37. The number of hydrogen-bond acceptors (Lipinski definition) is 2. The molecule has 0 aromatic rings. The highest BCUT2D eigenvalue weighted by atomic mass is 19.4. The zero-order chi connectivity index (χ0) is 12.4. The van der Waals surface area contributed by atoms with E-state index in [4.69, 9.17) is 0 Å². The Kier molecular flexibility index (Phi) is 4.01. The molecule has 0 bridgehead atoms. The van der Waals surface area contributed by atoms with E-state index in [9.17, 15) is 31.1 Å². The van der Waals surface area contributed by atoms with Gasteiger partial charge in [-0.25, -0.2) is 4.39 Å². The van der Waals surface area contributed by atoms with Crippen molar-refractivity contribution in [3.05, 3.63) is 0 Å². The summed E-state index contributed by atoms with van der Waals surface area (Å²) in [4.78, 5) is 10.2. The van der Waals surface area contributed by atoms with Crippen molar-refractivity contribution in [2.75, 3.05) is 0 Å². The fourth-order valence-corrected chi connectivity index (χ4v) is 0.752. The lowest BCUT2D eigenvalue weighted by atomic mass is 10.1. The molecule has 0 aliphatic heterocycles. The number of hydrogen-bond donors (Lipinski definition) is 0. The van der Waals surface area contributed by atoms with Crippen LogP contribution >= 0.6 is 0 Å². The standard InChI is InChI=1S/C7H8F6O2/c1-3(15-4(2)14)6(9,10)5(8)7(11,12)13/h3,5H,1-2H3/t3-,5-/m0/s1. The number of halogens is 6. The van der Waals surface area contributed by atoms with Crippen molar-refractivity contribution in [3.8, 4) is 0 Å². The van der Waals surface area contributed by atoms with Crippen molar-refractivity contribution >= 4 is 5.97 Å². The van der Waals surface area contributed by atoms with Gasteiger partial charge in [0.25, 0.3) is 6.17 Å². The van der Waals surface area contributed by atoms with Gasteiger partial charge in [0, 0.05) is 6.92 Å². The van der Waals surface area contributed by atoms with E-state index in [1.807, 2.05) is 0 Å². The summed E-state index contributed by atoms with van der Waals surface area (Å²) < 4.78 is 76.5. The molecule has 0 saturated heterocycles. The van der Waals surface area contributed by atoms with Crippen LogP contribution in [-0.2, 0) is 9.53 Å². The molecule has 0 N–H and O–H groups in total. The lowest BCUT2D eigenvalue weighted by Gasteiger charge is -2.27. The van der Waals surface area contributed by atoms with Crippen LogP contribution < -0.4 is 0 Å². The second-order valence-corrected chi connectivity index (χ2v) is 2.83. The second kappa shape index (κ2) is 4.28. The van der Waals surface area contributed by atoms with E-state index in [0.29, 0.717) is 6.92 Å². The van der Waals surface area contributed by atoms with Crippen LogP contribution in [-0.4, -0.2) is 30.3 Å². The number of carbonyl (C=O) groups is 1. The number of rotatable bonds is 3. The summed E-state index contributed by atoms with van der Waals surface area (Å²) in [5.41, 5.74) is 0. The first-order chi connectivity index (χ1) is 6.49. The Bertz CT molecular complexity index is 236. The van der Waals surface area contributed by atoms with Gasteiger partial charge < -0.3 is 4.74 Å². The van der Waals surface area contributed by atoms with Gasteiger partial charge >= 0.3 is 18.1 Å². The average molecular weight is 238 g/mol. The summed E-state index contributed by atoms with van der Waals surface area (Å²) in [6.07, 6.45) is -12.5. The Morgan fingerprint density at radius 2 is 1.60 bits per heavy atom. The predicted octanol–water partition coefficient (Wildman–Crippen LogP) is 2.47. The van der Waals surface area contributed by atoms with E-state index in [1.165, 1.54) is 0 Å². The Morgan fingerprint density at radius 1 is 1.20 bits per heavy atom. The molecule has 0 aliphatic rings. The summed E-state index contributed by atoms with van der Waals surface area (Å²) >= 11 is 0. The lowest BCUT2D eigenvalue weighted by Crippen LogP contribution is -2.49. The van der Waals surface area contributed by atoms with Crippen LogP contribution in [0.5, 0.6) is 0 Å². The van der Waals surface area contributed by atoms with Crippen LogP contribution in [0.25, 0.3) is 0 Å². The quantitative estimate of drug-likeness (QED) is 0.557. The van der Waals surface area contributed by atoms with Gasteiger partial charge in [0.1, 0.15) is 0 Å². The summed E-state index contributed by atoms with van der Waals surface area (Å²) in [5.74, 6) is -6.01. The highest BCUT2D eigenvalue weighted by Gasteiger charge is 2.60. The molecule has 90 valence electrons. The third-order valence-electron chi connectivity index (χ3n) is 1.51. The third-order valence-corrected chi connectivity index (χ3v) is 1.51. The Hall–Kier alpha value is -0.950. The van der Waals surface area contributed by atoms with E-state index in [2.05, 4.69) is 4.74 Å². The SMILES string of the molecule is CC(=O)O[C@@H](C)C(F)(F)[C@H](F)C(F)(F)F. The topological polar surface area (TPSA) is 26.3 Å². The molecular weight excluding hydrogens is 230 g/mol. The van der Waals surface area contributed by atoms with Gasteiger partial charge in [-0.1, -0.05) is 0 Å². The van der Waals surface area contributed by atoms with Crippen molar-refractivity contribution in [2.45, 2.75) is 38.2 Å². The number of esters is 1. The van der Waals surface area contributed by atoms with Crippen LogP contribution in [0.4, 0.5) is 26.3 Å². The van der Waals surface area contributed by atoms with Gasteiger partial charge in [0.2, 0.25) is 0 Å². The zero-order valence-corrected chi connectivity index (χ0v) is 7.74. The molecule has 0 heterocycles. The van der Waals surface area contributed by atoms with Gasteiger partial charge in [0.15, 0.2) is 6.10 Å². The smallest absolute Gasteiger partial charge is 0.425 e. The summed E-state index contributed by atoms with van der Waals surface area (Å²) in [5, 5.41) is 0. The largest absolute Gasteiger partial charge is 0.456 e. The normalized spacial score (nSPS) is 17.1.